The van der Waals surface area contributed by atoms with E-state index in [4.69, 9.17) is 21.1 Å². The van der Waals surface area contributed by atoms with Crippen LogP contribution in [0.2, 0.25) is 5.15 Å². The quantitative estimate of drug-likeness (QED) is 0.625. The first-order valence-corrected chi connectivity index (χ1v) is 8.31. The summed E-state index contributed by atoms with van der Waals surface area (Å²) >= 11 is 6.15. The summed E-state index contributed by atoms with van der Waals surface area (Å²) in [6, 6.07) is 1.76. The van der Waals surface area contributed by atoms with Crippen molar-refractivity contribution in [3.05, 3.63) is 36.4 Å². The average Bonchev–Trinajstić information content (AvgIpc) is 3.18. The maximum absolute atomic E-state index is 14.0. The van der Waals surface area contributed by atoms with E-state index in [1.165, 1.54) is 6.33 Å². The van der Waals surface area contributed by atoms with Crippen molar-refractivity contribution < 1.29 is 13.9 Å². The summed E-state index contributed by atoms with van der Waals surface area (Å²) in [5, 5.41) is 1.17. The molecule has 1 aliphatic heterocycles. The Balaban J connectivity index is 1.83. The average molecular weight is 352 g/mol. The smallest absolute Gasteiger partial charge is 0.163 e. The SMILES string of the molecule is C=C[C@@]1(CF)C[C@@H](n2ccc3c(Cl)ncnc32)[C@@H]2OC(C)(C)O[C@@H]21. The van der Waals surface area contributed by atoms with Gasteiger partial charge < -0.3 is 14.0 Å². The van der Waals surface area contributed by atoms with Crippen molar-refractivity contribution in [2.24, 2.45) is 5.41 Å². The van der Waals surface area contributed by atoms with Gasteiger partial charge in [0.2, 0.25) is 0 Å². The van der Waals surface area contributed by atoms with Crippen LogP contribution in [0.15, 0.2) is 31.2 Å². The van der Waals surface area contributed by atoms with Crippen molar-refractivity contribution in [2.45, 2.75) is 44.3 Å². The number of ether oxygens (including phenoxy) is 2. The van der Waals surface area contributed by atoms with E-state index in [1.807, 2.05) is 30.7 Å². The Morgan fingerprint density at radius 1 is 1.46 bits per heavy atom. The Kier molecular flexibility index (Phi) is 3.50. The van der Waals surface area contributed by atoms with Crippen LogP contribution in [0, 0.1) is 5.41 Å². The Labute approximate surface area is 144 Å². The van der Waals surface area contributed by atoms with Gasteiger partial charge in [-0.1, -0.05) is 17.7 Å². The molecule has 0 radical (unpaired) electrons. The molecule has 2 aliphatic rings. The van der Waals surface area contributed by atoms with Gasteiger partial charge in [-0.05, 0) is 26.3 Å². The molecule has 3 heterocycles. The molecule has 0 bridgehead atoms. The number of alkyl halides is 1. The number of fused-ring (bicyclic) bond motifs is 2. The normalized spacial score (nSPS) is 34.6. The van der Waals surface area contributed by atoms with E-state index in [9.17, 15) is 4.39 Å². The third kappa shape index (κ3) is 2.13. The Bertz CT molecular complexity index is 808. The molecule has 1 aliphatic carbocycles. The van der Waals surface area contributed by atoms with Crippen LogP contribution < -0.4 is 0 Å². The Morgan fingerprint density at radius 2 is 2.25 bits per heavy atom. The van der Waals surface area contributed by atoms with Crippen LogP contribution in [0.3, 0.4) is 0 Å². The fraction of sp³-hybridized carbons (Fsp3) is 0.529. The summed E-state index contributed by atoms with van der Waals surface area (Å²) in [6.07, 6.45) is 4.87. The highest BCUT2D eigenvalue weighted by atomic mass is 35.5. The minimum absolute atomic E-state index is 0.117. The van der Waals surface area contributed by atoms with Crippen LogP contribution in [0.4, 0.5) is 4.39 Å². The first-order chi connectivity index (χ1) is 11.4. The standard InChI is InChI=1S/C17H19ClFN3O2/c1-4-17(8-19)7-11(12-13(17)24-16(2,3)23-12)22-6-5-10-14(18)20-9-21-15(10)22/h4-6,9,11-13H,1,7-8H2,2-3H3/t11-,12+,13+,17+/m1/s1. The summed E-state index contributed by atoms with van der Waals surface area (Å²) in [4.78, 5) is 8.35. The number of hydrogen-bond acceptors (Lipinski definition) is 4. The fourth-order valence-corrected chi connectivity index (χ4v) is 4.18. The van der Waals surface area contributed by atoms with Gasteiger partial charge in [0.1, 0.15) is 36.0 Å². The van der Waals surface area contributed by atoms with Crippen molar-refractivity contribution in [2.75, 3.05) is 6.67 Å². The number of halogens is 2. The van der Waals surface area contributed by atoms with E-state index in [-0.39, 0.29) is 18.2 Å². The third-order valence-corrected chi connectivity index (χ3v) is 5.44. The molecule has 0 amide bonds. The van der Waals surface area contributed by atoms with Gasteiger partial charge in [0.05, 0.1) is 11.4 Å². The van der Waals surface area contributed by atoms with Gasteiger partial charge in [0, 0.05) is 11.6 Å². The fourth-order valence-electron chi connectivity index (χ4n) is 3.99. The van der Waals surface area contributed by atoms with Gasteiger partial charge in [-0.3, -0.25) is 4.39 Å². The summed E-state index contributed by atoms with van der Waals surface area (Å²) in [7, 11) is 0. The number of aromatic nitrogens is 3. The van der Waals surface area contributed by atoms with E-state index in [2.05, 4.69) is 16.5 Å². The molecule has 24 heavy (non-hydrogen) atoms. The second-order valence-electron chi connectivity index (χ2n) is 6.99. The molecule has 2 fully saturated rings. The lowest BCUT2D eigenvalue weighted by molar-refractivity contribution is -0.166. The van der Waals surface area contributed by atoms with Crippen LogP contribution in [-0.2, 0) is 9.47 Å². The van der Waals surface area contributed by atoms with Gasteiger partial charge in [-0.15, -0.1) is 6.58 Å². The molecule has 2 aromatic heterocycles. The number of hydrogen-bond donors (Lipinski definition) is 0. The zero-order chi connectivity index (χ0) is 17.1. The lowest BCUT2D eigenvalue weighted by atomic mass is 9.85. The second kappa shape index (κ2) is 5.25. The molecule has 1 saturated heterocycles. The second-order valence-corrected chi connectivity index (χ2v) is 7.35. The van der Waals surface area contributed by atoms with Crippen LogP contribution >= 0.6 is 11.6 Å². The number of rotatable bonds is 3. The van der Waals surface area contributed by atoms with Crippen molar-refractivity contribution >= 4 is 22.6 Å². The first kappa shape index (κ1) is 16.0. The van der Waals surface area contributed by atoms with E-state index in [0.29, 0.717) is 17.2 Å². The summed E-state index contributed by atoms with van der Waals surface area (Å²) in [5.41, 5.74) is -0.0537. The monoisotopic (exact) mass is 351 g/mol. The predicted octanol–water partition coefficient (Wildman–Crippen LogP) is 3.69. The first-order valence-electron chi connectivity index (χ1n) is 7.93. The lowest BCUT2D eigenvalue weighted by Gasteiger charge is -2.29. The maximum Gasteiger partial charge on any atom is 0.163 e. The van der Waals surface area contributed by atoms with E-state index < -0.39 is 17.9 Å². The molecule has 7 heteroatoms. The van der Waals surface area contributed by atoms with E-state index >= 15 is 0 Å². The van der Waals surface area contributed by atoms with Gasteiger partial charge >= 0.3 is 0 Å². The molecule has 2 aromatic rings. The zero-order valence-corrected chi connectivity index (χ0v) is 14.3. The highest BCUT2D eigenvalue weighted by Crippen LogP contribution is 2.54. The predicted molar refractivity (Wildman–Crippen MR) is 88.6 cm³/mol. The third-order valence-electron chi connectivity index (χ3n) is 5.14. The van der Waals surface area contributed by atoms with Crippen LogP contribution in [0.25, 0.3) is 11.0 Å². The van der Waals surface area contributed by atoms with Gasteiger partial charge in [-0.2, -0.15) is 0 Å². The Morgan fingerprint density at radius 3 is 2.96 bits per heavy atom. The molecule has 0 aromatic carbocycles. The van der Waals surface area contributed by atoms with Gasteiger partial charge in [-0.25, -0.2) is 9.97 Å². The summed E-state index contributed by atoms with van der Waals surface area (Å²) < 4.78 is 28.1. The van der Waals surface area contributed by atoms with Crippen molar-refractivity contribution in [1.82, 2.24) is 14.5 Å². The molecule has 4 atom stereocenters. The van der Waals surface area contributed by atoms with Gasteiger partial charge in [0.15, 0.2) is 5.79 Å². The van der Waals surface area contributed by atoms with Crippen LogP contribution in [-0.4, -0.2) is 39.2 Å². The van der Waals surface area contributed by atoms with E-state index in [1.54, 1.807) is 6.08 Å². The van der Waals surface area contributed by atoms with Crippen molar-refractivity contribution in [3.8, 4) is 0 Å². The molecule has 0 N–H and O–H groups in total. The molecule has 0 spiro atoms. The minimum atomic E-state index is -0.767. The highest BCUT2D eigenvalue weighted by molar-refractivity contribution is 6.33. The summed E-state index contributed by atoms with van der Waals surface area (Å²) in [5.74, 6) is -0.757. The van der Waals surface area contributed by atoms with Gasteiger partial charge in [0.25, 0.3) is 0 Å². The largest absolute Gasteiger partial charge is 0.343 e. The minimum Gasteiger partial charge on any atom is -0.343 e. The molecule has 5 nitrogen and oxygen atoms in total. The summed E-state index contributed by atoms with van der Waals surface area (Å²) in [6.45, 7) is 7.01. The molecular weight excluding hydrogens is 333 g/mol. The maximum atomic E-state index is 14.0. The molecular formula is C17H19ClFN3O2. The van der Waals surface area contributed by atoms with Crippen LogP contribution in [0.1, 0.15) is 26.3 Å². The van der Waals surface area contributed by atoms with E-state index in [0.717, 1.165) is 5.39 Å². The lowest BCUT2D eigenvalue weighted by Crippen LogP contribution is -2.35. The zero-order valence-electron chi connectivity index (χ0n) is 13.6. The molecule has 4 rings (SSSR count). The number of nitrogens with zero attached hydrogens (tertiary/aromatic N) is 3. The highest BCUT2D eigenvalue weighted by Gasteiger charge is 2.61. The molecule has 1 saturated carbocycles. The van der Waals surface area contributed by atoms with Crippen molar-refractivity contribution in [3.63, 3.8) is 0 Å². The topological polar surface area (TPSA) is 49.2 Å². The van der Waals surface area contributed by atoms with Crippen molar-refractivity contribution in [1.29, 1.82) is 0 Å². The van der Waals surface area contributed by atoms with Crippen LogP contribution in [0.5, 0.6) is 0 Å². The molecule has 128 valence electrons. The molecule has 0 unspecified atom stereocenters. The Hall–Kier alpha value is -1.50.